The topological polar surface area (TPSA) is 62.2 Å². The average molecular weight is 367 g/mol. The van der Waals surface area contributed by atoms with E-state index in [1.807, 2.05) is 17.0 Å². The number of carbonyl (C=O) groups is 1. The van der Waals surface area contributed by atoms with Crippen LogP contribution in [-0.2, 0) is 6.42 Å². The van der Waals surface area contributed by atoms with Crippen LogP contribution in [0, 0.1) is 0 Å². The standard InChI is InChI=1S/C19H21N5OS/c1-2-5-16-15(12-20-13-21-16)19(25)24-10-8-23(9-11-24)18-14-6-3-4-7-17(14)26-22-18/h3-4,6-7,12-13H,2,5,8-11H2,1H3. The van der Waals surface area contributed by atoms with Crippen LogP contribution in [0.4, 0.5) is 5.82 Å². The Labute approximate surface area is 156 Å². The van der Waals surface area contributed by atoms with Gasteiger partial charge in [-0.2, -0.15) is 4.37 Å². The largest absolute Gasteiger partial charge is 0.352 e. The van der Waals surface area contributed by atoms with Gasteiger partial charge in [0.1, 0.15) is 12.1 Å². The molecule has 0 spiro atoms. The minimum absolute atomic E-state index is 0.0387. The molecule has 134 valence electrons. The Morgan fingerprint density at radius 3 is 2.81 bits per heavy atom. The van der Waals surface area contributed by atoms with Gasteiger partial charge in [0, 0.05) is 37.8 Å². The predicted octanol–water partition coefficient (Wildman–Crippen LogP) is 3.00. The zero-order chi connectivity index (χ0) is 17.9. The highest BCUT2D eigenvalue weighted by Crippen LogP contribution is 2.30. The predicted molar refractivity (Wildman–Crippen MR) is 104 cm³/mol. The molecule has 1 aliphatic heterocycles. The Hall–Kier alpha value is -2.54. The van der Waals surface area contributed by atoms with Crippen LogP contribution in [0.3, 0.4) is 0 Å². The molecule has 0 bridgehead atoms. The van der Waals surface area contributed by atoms with Crippen LogP contribution in [0.2, 0.25) is 0 Å². The molecule has 4 rings (SSSR count). The molecule has 1 amide bonds. The van der Waals surface area contributed by atoms with Crippen molar-refractivity contribution in [2.45, 2.75) is 19.8 Å². The molecule has 26 heavy (non-hydrogen) atoms. The number of anilines is 1. The summed E-state index contributed by atoms with van der Waals surface area (Å²) in [5.41, 5.74) is 1.49. The van der Waals surface area contributed by atoms with E-state index >= 15 is 0 Å². The highest BCUT2D eigenvalue weighted by Gasteiger charge is 2.26. The molecule has 0 aliphatic carbocycles. The normalized spacial score (nSPS) is 14.8. The van der Waals surface area contributed by atoms with Crippen LogP contribution in [0.1, 0.15) is 29.4 Å². The van der Waals surface area contributed by atoms with Crippen molar-refractivity contribution < 1.29 is 4.79 Å². The highest BCUT2D eigenvalue weighted by molar-refractivity contribution is 7.13. The zero-order valence-electron chi connectivity index (χ0n) is 14.8. The second-order valence-corrected chi connectivity index (χ2v) is 7.22. The fourth-order valence-corrected chi connectivity index (χ4v) is 4.16. The van der Waals surface area contributed by atoms with Gasteiger partial charge in [-0.3, -0.25) is 4.79 Å². The van der Waals surface area contributed by atoms with E-state index in [0.717, 1.165) is 37.4 Å². The monoisotopic (exact) mass is 367 g/mol. The third kappa shape index (κ3) is 3.14. The molecule has 3 heterocycles. The van der Waals surface area contributed by atoms with Crippen molar-refractivity contribution in [2.24, 2.45) is 0 Å². The Kier molecular flexibility index (Phi) is 4.79. The van der Waals surface area contributed by atoms with Crippen molar-refractivity contribution in [3.8, 4) is 0 Å². The number of benzene rings is 1. The number of piperazine rings is 1. The third-order valence-electron chi connectivity index (χ3n) is 4.74. The quantitative estimate of drug-likeness (QED) is 0.709. The van der Waals surface area contributed by atoms with Crippen molar-refractivity contribution >= 4 is 33.3 Å². The first-order valence-electron chi connectivity index (χ1n) is 8.95. The zero-order valence-corrected chi connectivity index (χ0v) is 15.6. The molecule has 1 aromatic carbocycles. The van der Waals surface area contributed by atoms with Gasteiger partial charge in [-0.15, -0.1) is 0 Å². The number of nitrogens with zero attached hydrogens (tertiary/aromatic N) is 5. The van der Waals surface area contributed by atoms with Gasteiger partial charge in [-0.1, -0.05) is 25.5 Å². The lowest BCUT2D eigenvalue weighted by Crippen LogP contribution is -2.49. The summed E-state index contributed by atoms with van der Waals surface area (Å²) in [4.78, 5) is 25.4. The summed E-state index contributed by atoms with van der Waals surface area (Å²) >= 11 is 1.53. The molecule has 0 unspecified atom stereocenters. The van der Waals surface area contributed by atoms with Crippen LogP contribution in [0.25, 0.3) is 10.1 Å². The van der Waals surface area contributed by atoms with E-state index in [4.69, 9.17) is 0 Å². The first-order chi connectivity index (χ1) is 12.8. The molecule has 0 saturated carbocycles. The van der Waals surface area contributed by atoms with E-state index in [9.17, 15) is 4.79 Å². The number of amides is 1. The van der Waals surface area contributed by atoms with Gasteiger partial charge in [0.25, 0.3) is 5.91 Å². The minimum atomic E-state index is 0.0387. The number of fused-ring (bicyclic) bond motifs is 1. The summed E-state index contributed by atoms with van der Waals surface area (Å²) in [5, 5.41) is 1.19. The van der Waals surface area contributed by atoms with Crippen LogP contribution in [-0.4, -0.2) is 51.3 Å². The van der Waals surface area contributed by atoms with Gasteiger partial charge in [0.15, 0.2) is 0 Å². The van der Waals surface area contributed by atoms with Gasteiger partial charge < -0.3 is 9.80 Å². The van der Waals surface area contributed by atoms with Crippen molar-refractivity contribution in [2.75, 3.05) is 31.1 Å². The first-order valence-corrected chi connectivity index (χ1v) is 9.72. The van der Waals surface area contributed by atoms with E-state index in [1.54, 1.807) is 6.20 Å². The van der Waals surface area contributed by atoms with Crippen molar-refractivity contribution in [1.82, 2.24) is 19.2 Å². The minimum Gasteiger partial charge on any atom is -0.352 e. The van der Waals surface area contributed by atoms with Gasteiger partial charge in [0.2, 0.25) is 0 Å². The van der Waals surface area contributed by atoms with Gasteiger partial charge in [0.05, 0.1) is 16.0 Å². The molecule has 0 radical (unpaired) electrons. The molecule has 1 fully saturated rings. The highest BCUT2D eigenvalue weighted by atomic mass is 32.1. The lowest BCUT2D eigenvalue weighted by atomic mass is 10.1. The summed E-state index contributed by atoms with van der Waals surface area (Å²) < 4.78 is 5.83. The molecule has 1 saturated heterocycles. The maximum absolute atomic E-state index is 12.9. The molecule has 7 heteroatoms. The van der Waals surface area contributed by atoms with Crippen LogP contribution < -0.4 is 4.90 Å². The Bertz CT molecular complexity index is 917. The number of carbonyl (C=O) groups excluding carboxylic acids is 1. The summed E-state index contributed by atoms with van der Waals surface area (Å²) in [7, 11) is 0. The Morgan fingerprint density at radius 1 is 1.19 bits per heavy atom. The van der Waals surface area contributed by atoms with Gasteiger partial charge in [-0.25, -0.2) is 9.97 Å². The maximum atomic E-state index is 12.9. The number of aromatic nitrogens is 3. The van der Waals surface area contributed by atoms with Gasteiger partial charge >= 0.3 is 0 Å². The lowest BCUT2D eigenvalue weighted by molar-refractivity contribution is 0.0744. The number of hydrogen-bond donors (Lipinski definition) is 0. The van der Waals surface area contributed by atoms with Crippen LogP contribution in [0.5, 0.6) is 0 Å². The van der Waals surface area contributed by atoms with E-state index in [-0.39, 0.29) is 5.91 Å². The fraction of sp³-hybridized carbons (Fsp3) is 0.368. The van der Waals surface area contributed by atoms with E-state index < -0.39 is 0 Å². The fourth-order valence-electron chi connectivity index (χ4n) is 3.36. The average Bonchev–Trinajstić information content (AvgIpc) is 3.12. The molecular weight excluding hydrogens is 346 g/mol. The van der Waals surface area contributed by atoms with E-state index in [1.165, 1.54) is 27.9 Å². The Balaban J connectivity index is 1.48. The first kappa shape index (κ1) is 16.9. The van der Waals surface area contributed by atoms with Gasteiger partial charge in [-0.05, 0) is 30.1 Å². The van der Waals surface area contributed by atoms with Crippen molar-refractivity contribution in [3.63, 3.8) is 0 Å². The molecule has 6 nitrogen and oxygen atoms in total. The molecular formula is C19H21N5OS. The smallest absolute Gasteiger partial charge is 0.257 e. The molecule has 0 N–H and O–H groups in total. The van der Waals surface area contributed by atoms with Crippen molar-refractivity contribution in [1.29, 1.82) is 0 Å². The number of aryl methyl sites for hydroxylation is 1. The lowest BCUT2D eigenvalue weighted by Gasteiger charge is -2.35. The summed E-state index contributed by atoms with van der Waals surface area (Å²) in [6.07, 6.45) is 4.93. The second-order valence-electron chi connectivity index (χ2n) is 6.41. The summed E-state index contributed by atoms with van der Waals surface area (Å²) in [6.45, 7) is 5.04. The molecule has 2 aromatic heterocycles. The number of hydrogen-bond acceptors (Lipinski definition) is 6. The van der Waals surface area contributed by atoms with E-state index in [2.05, 4.69) is 38.3 Å². The maximum Gasteiger partial charge on any atom is 0.257 e. The molecule has 1 aliphatic rings. The molecule has 3 aromatic rings. The van der Waals surface area contributed by atoms with Crippen LogP contribution >= 0.6 is 11.5 Å². The Morgan fingerprint density at radius 2 is 2.00 bits per heavy atom. The number of rotatable bonds is 4. The van der Waals surface area contributed by atoms with E-state index in [0.29, 0.717) is 18.7 Å². The summed E-state index contributed by atoms with van der Waals surface area (Å²) in [5.74, 6) is 1.07. The van der Waals surface area contributed by atoms with Crippen molar-refractivity contribution in [3.05, 3.63) is 48.0 Å². The SMILES string of the molecule is CCCc1ncncc1C(=O)N1CCN(c2nsc3ccccc23)CC1. The third-order valence-corrected chi connectivity index (χ3v) is 5.55. The molecule has 0 atom stereocenters. The summed E-state index contributed by atoms with van der Waals surface area (Å²) in [6, 6.07) is 8.30. The second kappa shape index (κ2) is 7.37. The van der Waals surface area contributed by atoms with Crippen LogP contribution in [0.15, 0.2) is 36.8 Å².